The minimum absolute atomic E-state index is 0.160. The smallest absolute Gasteiger partial charge is 0.323 e. The van der Waals surface area contributed by atoms with Crippen LogP contribution < -0.4 is 10.7 Å². The number of esters is 1. The number of hydrogen-bond acceptors (Lipinski definition) is 6. The number of halogens is 1. The Morgan fingerprint density at radius 2 is 1.83 bits per heavy atom. The predicted octanol–water partition coefficient (Wildman–Crippen LogP) is 3.55. The number of hydrogen-bond donors (Lipinski definition) is 2. The lowest BCUT2D eigenvalue weighted by atomic mass is 10.1. The van der Waals surface area contributed by atoms with Gasteiger partial charge >= 0.3 is 5.97 Å². The molecule has 6 nitrogen and oxygen atoms in total. The number of rotatable bonds is 8. The summed E-state index contributed by atoms with van der Waals surface area (Å²) in [4.78, 5) is 24.2. The maximum atomic E-state index is 12.7. The van der Waals surface area contributed by atoms with Gasteiger partial charge in [-0.2, -0.15) is 0 Å². The number of ether oxygens (including phenoxy) is 1. The Hall–Kier alpha value is -2.90. The van der Waals surface area contributed by atoms with E-state index in [1.165, 1.54) is 0 Å². The number of aromatic hydroxyl groups is 1. The first-order valence-corrected chi connectivity index (χ1v) is 9.79. The summed E-state index contributed by atoms with van der Waals surface area (Å²) in [6, 6.07) is 18.0. The second-order valence-electron chi connectivity index (χ2n) is 6.45. The van der Waals surface area contributed by atoms with Gasteiger partial charge in [-0.15, -0.1) is 0 Å². The van der Waals surface area contributed by atoms with Gasteiger partial charge in [0.2, 0.25) is 5.43 Å². The average Bonchev–Trinajstić information content (AvgIpc) is 2.73. The maximum absolute atomic E-state index is 12.7. The summed E-state index contributed by atoms with van der Waals surface area (Å²) in [5.74, 6) is -0.785. The fraction of sp³-hybridized carbons (Fsp3) is 0.182. The number of carbonyl (C=O) groups excluding carboxylic acids is 1. The van der Waals surface area contributed by atoms with Crippen molar-refractivity contribution in [1.29, 1.82) is 0 Å². The molecule has 3 aromatic rings. The quantitative estimate of drug-likeness (QED) is 0.502. The maximum Gasteiger partial charge on any atom is 0.323 e. The average molecular weight is 458 g/mol. The van der Waals surface area contributed by atoms with Crippen LogP contribution in [0.3, 0.4) is 0 Å². The minimum atomic E-state index is -0.587. The van der Waals surface area contributed by atoms with E-state index in [0.29, 0.717) is 13.0 Å². The van der Waals surface area contributed by atoms with Crippen LogP contribution in [0.5, 0.6) is 5.75 Å². The van der Waals surface area contributed by atoms with Crippen LogP contribution in [0.15, 0.2) is 80.6 Å². The van der Waals surface area contributed by atoms with E-state index >= 15 is 0 Å². The second kappa shape index (κ2) is 10.0. The van der Waals surface area contributed by atoms with Gasteiger partial charge in [0.1, 0.15) is 24.7 Å². The van der Waals surface area contributed by atoms with Crippen LogP contribution in [0, 0.1) is 0 Å². The van der Waals surface area contributed by atoms with Gasteiger partial charge < -0.3 is 19.6 Å². The molecule has 0 aliphatic rings. The second-order valence-corrected chi connectivity index (χ2v) is 7.37. The van der Waals surface area contributed by atoms with Crippen LogP contribution in [0.4, 0.5) is 0 Å². The Morgan fingerprint density at radius 3 is 2.52 bits per heavy atom. The lowest BCUT2D eigenvalue weighted by molar-refractivity contribution is -0.148. The van der Waals surface area contributed by atoms with E-state index in [1.54, 1.807) is 0 Å². The highest BCUT2D eigenvalue weighted by molar-refractivity contribution is 9.10. The molecule has 0 fully saturated rings. The van der Waals surface area contributed by atoms with Gasteiger partial charge in [0.25, 0.3) is 0 Å². The molecule has 0 amide bonds. The van der Waals surface area contributed by atoms with Gasteiger partial charge in [-0.25, -0.2) is 0 Å². The Bertz CT molecular complexity index is 1000. The van der Waals surface area contributed by atoms with E-state index in [9.17, 15) is 14.7 Å². The van der Waals surface area contributed by atoms with Crippen molar-refractivity contribution in [2.24, 2.45) is 0 Å². The van der Waals surface area contributed by atoms with Crippen molar-refractivity contribution in [2.75, 3.05) is 0 Å². The molecule has 0 unspecified atom stereocenters. The first kappa shape index (κ1) is 20.8. The molecule has 0 aliphatic carbocycles. The van der Waals surface area contributed by atoms with Crippen LogP contribution in [-0.4, -0.2) is 17.1 Å². The number of benzene rings is 2. The zero-order chi connectivity index (χ0) is 20.6. The summed E-state index contributed by atoms with van der Waals surface area (Å²) in [5.41, 5.74) is 1.44. The van der Waals surface area contributed by atoms with E-state index in [4.69, 9.17) is 9.15 Å². The molecule has 1 aromatic heterocycles. The lowest BCUT2D eigenvalue weighted by Crippen LogP contribution is -2.39. The van der Waals surface area contributed by atoms with Gasteiger partial charge in [0, 0.05) is 17.1 Å². The van der Waals surface area contributed by atoms with Gasteiger partial charge in [0.05, 0.1) is 0 Å². The summed E-state index contributed by atoms with van der Waals surface area (Å²) in [6.07, 6.45) is 1.38. The highest BCUT2D eigenvalue weighted by Gasteiger charge is 2.21. The van der Waals surface area contributed by atoms with E-state index in [-0.39, 0.29) is 12.4 Å². The lowest BCUT2D eigenvalue weighted by Gasteiger charge is -2.18. The molecule has 0 spiro atoms. The molecular weight excluding hydrogens is 438 g/mol. The first-order valence-electron chi connectivity index (χ1n) is 9.00. The van der Waals surface area contributed by atoms with Gasteiger partial charge in [-0.1, -0.05) is 58.4 Å². The molecule has 1 heterocycles. The van der Waals surface area contributed by atoms with Crippen LogP contribution in [0.2, 0.25) is 0 Å². The summed E-state index contributed by atoms with van der Waals surface area (Å²) in [7, 11) is 0. The van der Waals surface area contributed by atoms with Crippen molar-refractivity contribution in [2.45, 2.75) is 25.6 Å². The first-order chi connectivity index (χ1) is 14.0. The fourth-order valence-electron chi connectivity index (χ4n) is 2.69. The van der Waals surface area contributed by atoms with Crippen molar-refractivity contribution in [3.8, 4) is 5.75 Å². The van der Waals surface area contributed by atoms with Crippen LogP contribution in [0.1, 0.15) is 16.9 Å². The largest absolute Gasteiger partial charge is 0.502 e. The Morgan fingerprint density at radius 1 is 1.10 bits per heavy atom. The zero-order valence-corrected chi connectivity index (χ0v) is 17.1. The highest BCUT2D eigenvalue weighted by atomic mass is 79.9. The molecule has 2 N–H and O–H groups in total. The van der Waals surface area contributed by atoms with Crippen LogP contribution in [0.25, 0.3) is 0 Å². The van der Waals surface area contributed by atoms with Crippen molar-refractivity contribution in [3.05, 3.63) is 98.5 Å². The molecule has 2 aromatic carbocycles. The van der Waals surface area contributed by atoms with Crippen molar-refractivity contribution in [3.63, 3.8) is 0 Å². The molecule has 7 heteroatoms. The molecule has 29 heavy (non-hydrogen) atoms. The van der Waals surface area contributed by atoms with Gasteiger partial charge in [0.15, 0.2) is 5.75 Å². The molecule has 150 valence electrons. The molecule has 0 bridgehead atoms. The third-order valence-corrected chi connectivity index (χ3v) is 4.78. The Balaban J connectivity index is 1.66. The molecule has 0 radical (unpaired) electrons. The highest BCUT2D eigenvalue weighted by Crippen LogP contribution is 2.12. The molecule has 0 aliphatic heterocycles. The fourth-order valence-corrected chi connectivity index (χ4v) is 2.96. The molecular formula is C22H20BrNO5. The normalized spacial score (nSPS) is 11.8. The van der Waals surface area contributed by atoms with Crippen molar-refractivity contribution >= 4 is 21.9 Å². The van der Waals surface area contributed by atoms with Gasteiger partial charge in [-0.3, -0.25) is 9.59 Å². The summed E-state index contributed by atoms with van der Waals surface area (Å²) >= 11 is 3.40. The topological polar surface area (TPSA) is 88.8 Å². The molecule has 0 saturated carbocycles. The Kier molecular flexibility index (Phi) is 7.21. The van der Waals surface area contributed by atoms with Crippen LogP contribution >= 0.6 is 15.9 Å². The predicted molar refractivity (Wildman–Crippen MR) is 111 cm³/mol. The molecule has 0 saturated heterocycles. The SMILES string of the molecule is O=C(OCc1cc(=O)c(O)co1)[C@H](Cc1ccccc1)NCc1ccc(Br)cc1. The molecule has 3 rings (SSSR count). The monoisotopic (exact) mass is 457 g/mol. The molecule has 1 atom stereocenters. The third-order valence-electron chi connectivity index (χ3n) is 4.26. The van der Waals surface area contributed by atoms with Crippen LogP contribution in [-0.2, 0) is 29.1 Å². The van der Waals surface area contributed by atoms with E-state index < -0.39 is 23.2 Å². The van der Waals surface area contributed by atoms with Crippen molar-refractivity contribution in [1.82, 2.24) is 5.32 Å². The third kappa shape index (κ3) is 6.30. The standard InChI is InChI=1S/C22H20BrNO5/c23-17-8-6-16(7-9-17)12-24-19(10-15-4-2-1-3-5-15)22(27)29-13-18-11-20(25)21(26)14-28-18/h1-9,11,14,19,24,26H,10,12-13H2/t19-/m0/s1. The zero-order valence-electron chi connectivity index (χ0n) is 15.5. The number of nitrogens with one attached hydrogen (secondary N) is 1. The minimum Gasteiger partial charge on any atom is -0.502 e. The van der Waals surface area contributed by atoms with E-state index in [1.807, 2.05) is 54.6 Å². The summed E-state index contributed by atoms with van der Waals surface area (Å²) < 4.78 is 11.4. The summed E-state index contributed by atoms with van der Waals surface area (Å²) in [6.45, 7) is 0.299. The summed E-state index contributed by atoms with van der Waals surface area (Å²) in [5, 5.41) is 12.5. The van der Waals surface area contributed by atoms with Crippen molar-refractivity contribution < 1.29 is 19.1 Å². The number of carbonyl (C=O) groups is 1. The Labute approximate surface area is 176 Å². The van der Waals surface area contributed by atoms with Gasteiger partial charge in [-0.05, 0) is 29.7 Å². The van der Waals surface area contributed by atoms with E-state index in [2.05, 4.69) is 21.2 Å². The van der Waals surface area contributed by atoms with E-state index in [0.717, 1.165) is 27.9 Å².